The number of rotatable bonds is 4. The summed E-state index contributed by atoms with van der Waals surface area (Å²) in [5.74, 6) is -0.894. The molecule has 9 heteroatoms. The second-order valence-electron chi connectivity index (χ2n) is 5.38. The van der Waals surface area contributed by atoms with Crippen molar-refractivity contribution < 1.29 is 18.3 Å². The lowest BCUT2D eigenvalue weighted by atomic mass is 10.1. The Morgan fingerprint density at radius 2 is 2.10 bits per heavy atom. The average molecular weight is 397 g/mol. The smallest absolute Gasteiger partial charge is 0.345 e. The highest BCUT2D eigenvalue weighted by Crippen LogP contribution is 2.35. The molecule has 1 saturated heterocycles. The fourth-order valence-electron chi connectivity index (χ4n) is 2.55. The molecule has 2 rings (SSSR count). The molecule has 6 nitrogen and oxygen atoms in total. The van der Waals surface area contributed by atoms with E-state index in [0.717, 1.165) is 11.3 Å². The van der Waals surface area contributed by atoms with E-state index in [1.54, 1.807) is 0 Å². The quantitative estimate of drug-likeness (QED) is 0.838. The minimum atomic E-state index is -3.67. The zero-order valence-corrected chi connectivity index (χ0v) is 15.1. The van der Waals surface area contributed by atoms with Gasteiger partial charge in [-0.05, 0) is 42.0 Å². The molecule has 0 aromatic carbocycles. The van der Waals surface area contributed by atoms with E-state index in [9.17, 15) is 13.2 Å². The van der Waals surface area contributed by atoms with Crippen LogP contribution in [0.1, 0.15) is 16.6 Å². The molecule has 1 aromatic rings. The van der Waals surface area contributed by atoms with Crippen LogP contribution >= 0.6 is 27.3 Å². The number of halogens is 1. The Balaban J connectivity index is 2.33. The molecule has 2 heterocycles. The van der Waals surface area contributed by atoms with Crippen LogP contribution in [-0.4, -0.2) is 61.9 Å². The van der Waals surface area contributed by atoms with Gasteiger partial charge in [0.1, 0.15) is 9.77 Å². The maximum Gasteiger partial charge on any atom is 0.345 e. The van der Waals surface area contributed by atoms with Crippen molar-refractivity contribution in [1.82, 2.24) is 9.21 Å². The van der Waals surface area contributed by atoms with Crippen LogP contribution in [0.2, 0.25) is 0 Å². The first kappa shape index (κ1) is 16.9. The number of likely N-dealkylation sites (N-methyl/N-ethyl adjacent to an activating group) is 1. The van der Waals surface area contributed by atoms with Crippen LogP contribution < -0.4 is 0 Å². The highest BCUT2D eigenvalue weighted by Gasteiger charge is 2.39. The van der Waals surface area contributed by atoms with E-state index in [2.05, 4.69) is 15.9 Å². The van der Waals surface area contributed by atoms with E-state index in [4.69, 9.17) is 5.11 Å². The first-order chi connectivity index (χ1) is 9.64. The van der Waals surface area contributed by atoms with Gasteiger partial charge in [-0.1, -0.05) is 6.92 Å². The van der Waals surface area contributed by atoms with Crippen LogP contribution in [0.3, 0.4) is 0 Å². The molecule has 21 heavy (non-hydrogen) atoms. The van der Waals surface area contributed by atoms with Gasteiger partial charge in [0.15, 0.2) is 0 Å². The van der Waals surface area contributed by atoms with Crippen molar-refractivity contribution in [2.45, 2.75) is 17.9 Å². The first-order valence-corrected chi connectivity index (χ1v) is 9.38. The number of nitrogens with zero attached hydrogens (tertiary/aromatic N) is 2. The molecule has 2 unspecified atom stereocenters. The standard InChI is InChI=1S/C12H17BrN2O4S2/c1-7-5-15(6-8(7)14(2)3)21(18,19)10-4-9(12(16)17)20-11(10)13/h4,7-8H,5-6H2,1-3H3,(H,16,17). The van der Waals surface area contributed by atoms with E-state index in [1.807, 2.05) is 25.9 Å². The second-order valence-corrected chi connectivity index (χ2v) is 9.66. The summed E-state index contributed by atoms with van der Waals surface area (Å²) in [6, 6.07) is 1.39. The number of aromatic carboxylic acids is 1. The maximum atomic E-state index is 12.7. The van der Waals surface area contributed by atoms with Gasteiger partial charge in [-0.25, -0.2) is 13.2 Å². The Labute approximate surface area is 136 Å². The molecule has 1 aliphatic heterocycles. The molecule has 0 aliphatic carbocycles. The Bertz CT molecular complexity index is 656. The molecule has 0 radical (unpaired) electrons. The molecular formula is C12H17BrN2O4S2. The summed E-state index contributed by atoms with van der Waals surface area (Å²) in [6.07, 6.45) is 0. The third-order valence-corrected chi connectivity index (χ3v) is 7.76. The molecule has 1 N–H and O–H groups in total. The summed E-state index contributed by atoms with van der Waals surface area (Å²) in [5.41, 5.74) is 0. The van der Waals surface area contributed by atoms with Crippen molar-refractivity contribution in [3.05, 3.63) is 14.7 Å². The SMILES string of the molecule is CC1CN(S(=O)(=O)c2cc(C(=O)O)sc2Br)CC1N(C)C. The van der Waals surface area contributed by atoms with Crippen LogP contribution in [0.15, 0.2) is 14.7 Å². The number of hydrogen-bond acceptors (Lipinski definition) is 5. The number of carboxylic acid groups (broad SMARTS) is 1. The van der Waals surface area contributed by atoms with Gasteiger partial charge in [-0.3, -0.25) is 0 Å². The fourth-order valence-corrected chi connectivity index (χ4v) is 6.46. The van der Waals surface area contributed by atoms with Crippen LogP contribution in [0, 0.1) is 5.92 Å². The average Bonchev–Trinajstić information content (AvgIpc) is 2.93. The van der Waals surface area contributed by atoms with E-state index in [-0.39, 0.29) is 21.7 Å². The van der Waals surface area contributed by atoms with Crippen LogP contribution in [0.5, 0.6) is 0 Å². The molecule has 0 amide bonds. The van der Waals surface area contributed by atoms with Crippen LogP contribution in [0.25, 0.3) is 0 Å². The van der Waals surface area contributed by atoms with Gasteiger partial charge in [0, 0.05) is 19.1 Å². The molecule has 0 spiro atoms. The highest BCUT2D eigenvalue weighted by molar-refractivity contribution is 9.11. The maximum absolute atomic E-state index is 12.7. The third kappa shape index (κ3) is 3.16. The summed E-state index contributed by atoms with van der Waals surface area (Å²) in [7, 11) is 0.187. The predicted molar refractivity (Wildman–Crippen MR) is 84.4 cm³/mol. The number of carbonyl (C=O) groups is 1. The highest BCUT2D eigenvalue weighted by atomic mass is 79.9. The molecule has 0 saturated carbocycles. The van der Waals surface area contributed by atoms with Crippen molar-refractivity contribution in [2.24, 2.45) is 5.92 Å². The minimum absolute atomic E-state index is 0.0110. The lowest BCUT2D eigenvalue weighted by Crippen LogP contribution is -2.35. The van der Waals surface area contributed by atoms with Crippen LogP contribution in [0.4, 0.5) is 0 Å². The molecule has 0 bridgehead atoms. The zero-order valence-electron chi connectivity index (χ0n) is 11.9. The van der Waals surface area contributed by atoms with Crippen molar-refractivity contribution in [2.75, 3.05) is 27.2 Å². The Morgan fingerprint density at radius 1 is 1.48 bits per heavy atom. The molecule has 1 aromatic heterocycles. The van der Waals surface area contributed by atoms with Gasteiger partial charge in [-0.15, -0.1) is 11.3 Å². The van der Waals surface area contributed by atoms with E-state index in [1.165, 1.54) is 10.4 Å². The number of hydrogen-bond donors (Lipinski definition) is 1. The molecule has 118 valence electrons. The third-order valence-electron chi connectivity index (χ3n) is 3.69. The van der Waals surface area contributed by atoms with Gasteiger partial charge in [-0.2, -0.15) is 4.31 Å². The van der Waals surface area contributed by atoms with Crippen molar-refractivity contribution >= 4 is 43.3 Å². The van der Waals surface area contributed by atoms with Gasteiger partial charge in [0.25, 0.3) is 0 Å². The van der Waals surface area contributed by atoms with Crippen molar-refractivity contribution in [1.29, 1.82) is 0 Å². The van der Waals surface area contributed by atoms with E-state index in [0.29, 0.717) is 16.9 Å². The summed E-state index contributed by atoms with van der Waals surface area (Å²) >= 11 is 4.08. The topological polar surface area (TPSA) is 77.9 Å². The summed E-state index contributed by atoms with van der Waals surface area (Å²) in [4.78, 5) is 13.1. The lowest BCUT2D eigenvalue weighted by molar-refractivity contribution is 0.0702. The molecule has 1 aliphatic rings. The van der Waals surface area contributed by atoms with Gasteiger partial charge < -0.3 is 10.0 Å². The second kappa shape index (κ2) is 5.96. The monoisotopic (exact) mass is 396 g/mol. The summed E-state index contributed by atoms with van der Waals surface area (Å²) in [6.45, 7) is 2.88. The number of carboxylic acids is 1. The van der Waals surface area contributed by atoms with E-state index < -0.39 is 16.0 Å². The minimum Gasteiger partial charge on any atom is -0.477 e. The van der Waals surface area contributed by atoms with Crippen molar-refractivity contribution in [3.8, 4) is 0 Å². The molecule has 2 atom stereocenters. The first-order valence-electron chi connectivity index (χ1n) is 6.33. The normalized spacial score (nSPS) is 23.9. The van der Waals surface area contributed by atoms with E-state index >= 15 is 0 Å². The van der Waals surface area contributed by atoms with Gasteiger partial charge in [0.2, 0.25) is 10.0 Å². The molecular weight excluding hydrogens is 380 g/mol. The summed E-state index contributed by atoms with van der Waals surface area (Å²) in [5, 5.41) is 8.99. The fraction of sp³-hybridized carbons (Fsp3) is 0.583. The number of sulfonamides is 1. The Morgan fingerprint density at radius 3 is 2.52 bits per heavy atom. The van der Waals surface area contributed by atoms with Crippen LogP contribution in [-0.2, 0) is 10.0 Å². The molecule has 1 fully saturated rings. The van der Waals surface area contributed by atoms with Gasteiger partial charge >= 0.3 is 5.97 Å². The lowest BCUT2D eigenvalue weighted by Gasteiger charge is -2.22. The summed E-state index contributed by atoms with van der Waals surface area (Å²) < 4.78 is 27.2. The largest absolute Gasteiger partial charge is 0.477 e. The van der Waals surface area contributed by atoms with Crippen molar-refractivity contribution in [3.63, 3.8) is 0 Å². The Kier molecular flexibility index (Phi) is 4.79. The Hall–Kier alpha value is -0.480. The predicted octanol–water partition coefficient (Wildman–Crippen LogP) is 1.78. The zero-order chi connectivity index (χ0) is 15.9. The number of thiophene rings is 1. The van der Waals surface area contributed by atoms with Gasteiger partial charge in [0.05, 0.1) is 3.79 Å².